The highest BCUT2D eigenvalue weighted by Gasteiger charge is 2.30. The summed E-state index contributed by atoms with van der Waals surface area (Å²) in [4.78, 5) is 39.3. The molecule has 206 valence electrons. The molecule has 3 amide bonds. The second-order valence-electron chi connectivity index (χ2n) is 9.77. The maximum Gasteiger partial charge on any atom is 0.320 e. The Labute approximate surface area is 225 Å². The lowest BCUT2D eigenvalue weighted by Gasteiger charge is -2.36. The maximum absolute atomic E-state index is 13.4. The van der Waals surface area contributed by atoms with E-state index in [9.17, 15) is 9.59 Å². The predicted molar refractivity (Wildman–Crippen MR) is 148 cm³/mol. The molecule has 1 aromatic rings. The number of amides is 3. The Kier molecular flexibility index (Phi) is 12.0. The number of piperidine rings is 1. The first kappa shape index (κ1) is 29.3. The Bertz CT molecular complexity index is 912. The fraction of sp³-hybridized carbons (Fsp3) is 0.667. The number of urea groups is 1. The van der Waals surface area contributed by atoms with E-state index in [0.717, 1.165) is 49.6 Å². The van der Waals surface area contributed by atoms with Crippen LogP contribution in [0.3, 0.4) is 0 Å². The van der Waals surface area contributed by atoms with Gasteiger partial charge in [-0.15, -0.1) is 11.3 Å². The summed E-state index contributed by atoms with van der Waals surface area (Å²) in [6, 6.07) is 0.0294. The minimum Gasteiger partial charge on any atom is -0.383 e. The number of likely N-dealkylation sites (tertiary alicyclic amines) is 1. The van der Waals surface area contributed by atoms with Crippen LogP contribution in [0.15, 0.2) is 29.7 Å². The van der Waals surface area contributed by atoms with Crippen molar-refractivity contribution in [3.05, 3.63) is 40.4 Å². The molecule has 9 nitrogen and oxygen atoms in total. The van der Waals surface area contributed by atoms with Gasteiger partial charge < -0.3 is 25.2 Å². The van der Waals surface area contributed by atoms with Gasteiger partial charge in [0.05, 0.1) is 12.3 Å². The molecule has 1 fully saturated rings. The number of ether oxygens (including phenoxy) is 1. The molecule has 0 bridgehead atoms. The molecule has 0 aliphatic carbocycles. The zero-order valence-corrected chi connectivity index (χ0v) is 23.5. The molecule has 1 unspecified atom stereocenters. The number of aromatic nitrogens is 1. The van der Waals surface area contributed by atoms with Crippen molar-refractivity contribution < 1.29 is 14.3 Å². The average molecular weight is 533 g/mol. The average Bonchev–Trinajstić information content (AvgIpc) is 3.39. The predicted octanol–water partition coefficient (Wildman–Crippen LogP) is 2.94. The molecule has 0 spiro atoms. The van der Waals surface area contributed by atoms with E-state index < -0.39 is 0 Å². The number of thiazole rings is 1. The lowest BCUT2D eigenvalue weighted by Crippen LogP contribution is -2.49. The summed E-state index contributed by atoms with van der Waals surface area (Å²) in [6.07, 6.45) is 10.5. The maximum atomic E-state index is 13.4. The number of hydrogen-bond donors (Lipinski definition) is 1. The molecule has 10 heteroatoms. The third-order valence-corrected chi connectivity index (χ3v) is 8.15. The Morgan fingerprint density at radius 3 is 2.65 bits per heavy atom. The van der Waals surface area contributed by atoms with Gasteiger partial charge in [-0.3, -0.25) is 9.69 Å². The van der Waals surface area contributed by atoms with Crippen LogP contribution in [0.1, 0.15) is 43.8 Å². The van der Waals surface area contributed by atoms with Gasteiger partial charge in [0.25, 0.3) is 0 Å². The molecular weight excluding hydrogens is 488 g/mol. The number of methoxy groups -OCH3 is 1. The molecule has 1 saturated heterocycles. The molecule has 37 heavy (non-hydrogen) atoms. The van der Waals surface area contributed by atoms with E-state index in [1.807, 2.05) is 45.9 Å². The molecule has 0 aromatic carbocycles. The summed E-state index contributed by atoms with van der Waals surface area (Å²) >= 11 is 1.61. The number of carbonyl (C=O) groups is 2. The summed E-state index contributed by atoms with van der Waals surface area (Å²) < 4.78 is 5.20. The van der Waals surface area contributed by atoms with Crippen LogP contribution in [-0.4, -0.2) is 102 Å². The number of nitrogens with zero attached hydrogens (tertiary/aromatic N) is 5. The summed E-state index contributed by atoms with van der Waals surface area (Å²) in [5.41, 5.74) is 6.76. The second kappa shape index (κ2) is 15.2. The summed E-state index contributed by atoms with van der Waals surface area (Å²) in [6.45, 7) is 10.7. The van der Waals surface area contributed by atoms with Crippen molar-refractivity contribution in [3.63, 3.8) is 0 Å². The highest BCUT2D eigenvalue weighted by molar-refractivity contribution is 7.09. The molecule has 2 aliphatic rings. The van der Waals surface area contributed by atoms with Crippen LogP contribution in [0.4, 0.5) is 4.79 Å². The van der Waals surface area contributed by atoms with Gasteiger partial charge in [0.15, 0.2) is 0 Å². The van der Waals surface area contributed by atoms with Gasteiger partial charge in [-0.05, 0) is 46.2 Å². The monoisotopic (exact) mass is 532 g/mol. The summed E-state index contributed by atoms with van der Waals surface area (Å²) in [7, 11) is 1.65. The Morgan fingerprint density at radius 1 is 1.27 bits per heavy atom. The van der Waals surface area contributed by atoms with E-state index in [4.69, 9.17) is 10.5 Å². The van der Waals surface area contributed by atoms with Gasteiger partial charge in [-0.25, -0.2) is 9.78 Å². The molecule has 1 aromatic heterocycles. The molecule has 2 aliphatic heterocycles. The third kappa shape index (κ3) is 8.63. The van der Waals surface area contributed by atoms with E-state index in [-0.39, 0.29) is 23.9 Å². The third-order valence-electron chi connectivity index (χ3n) is 7.23. The molecule has 3 heterocycles. The quantitative estimate of drug-likeness (QED) is 0.445. The van der Waals surface area contributed by atoms with Crippen LogP contribution in [-0.2, 0) is 22.6 Å². The molecule has 3 rings (SSSR count). The first-order chi connectivity index (χ1) is 18.0. The van der Waals surface area contributed by atoms with Crippen molar-refractivity contribution in [2.75, 3.05) is 59.5 Å². The number of rotatable bonds is 12. The van der Waals surface area contributed by atoms with Crippen molar-refractivity contribution in [1.82, 2.24) is 24.6 Å². The minimum absolute atomic E-state index is 0.0144. The molecule has 0 saturated carbocycles. The Balaban J connectivity index is 1.50. The Hall–Kier alpha value is -2.27. The second-order valence-corrected chi connectivity index (χ2v) is 10.7. The van der Waals surface area contributed by atoms with E-state index in [0.29, 0.717) is 45.9 Å². The van der Waals surface area contributed by atoms with Crippen LogP contribution in [0, 0.1) is 5.92 Å². The molecule has 0 radical (unpaired) electrons. The first-order valence-corrected chi connectivity index (χ1v) is 14.3. The van der Waals surface area contributed by atoms with Gasteiger partial charge >= 0.3 is 6.03 Å². The highest BCUT2D eigenvalue weighted by atomic mass is 32.1. The number of hydrogen-bond acceptors (Lipinski definition) is 7. The zero-order valence-electron chi connectivity index (χ0n) is 22.7. The lowest BCUT2D eigenvalue weighted by atomic mass is 9.95. The van der Waals surface area contributed by atoms with Gasteiger partial charge in [0.2, 0.25) is 5.91 Å². The van der Waals surface area contributed by atoms with Crippen molar-refractivity contribution in [3.8, 4) is 0 Å². The van der Waals surface area contributed by atoms with Crippen LogP contribution >= 0.6 is 11.3 Å². The smallest absolute Gasteiger partial charge is 0.320 e. The largest absolute Gasteiger partial charge is 0.383 e. The normalized spacial score (nSPS) is 20.3. The van der Waals surface area contributed by atoms with Crippen molar-refractivity contribution in [1.29, 1.82) is 0 Å². The van der Waals surface area contributed by atoms with E-state index in [1.54, 1.807) is 18.4 Å². The van der Waals surface area contributed by atoms with Crippen LogP contribution in [0.25, 0.3) is 0 Å². The number of allylic oxidation sites excluding steroid dienone is 2. The molecule has 2 N–H and O–H groups in total. The molecular formula is C27H44N6O3S. The van der Waals surface area contributed by atoms with Crippen LogP contribution in [0.5, 0.6) is 0 Å². The van der Waals surface area contributed by atoms with Gasteiger partial charge in [-0.2, -0.15) is 0 Å². The Morgan fingerprint density at radius 2 is 2.00 bits per heavy atom. The highest BCUT2D eigenvalue weighted by Crippen LogP contribution is 2.22. The van der Waals surface area contributed by atoms with E-state index >= 15 is 0 Å². The van der Waals surface area contributed by atoms with Crippen LogP contribution < -0.4 is 5.73 Å². The zero-order chi connectivity index (χ0) is 26.6. The standard InChI is InChI=1S/C27H44N6O3S/c1-4-31(26(34)23-10-14-30(15-11-23)20-24-21-37-25(19-28)29-24)16-9-22(2)33-13-8-6-5-7-12-32(27(33)35)17-18-36-3/h5-8,21-23H,4,9-20,28H2,1-3H3/b7-5-,8-6-. The van der Waals surface area contributed by atoms with Gasteiger partial charge in [-0.1, -0.05) is 24.3 Å². The topological polar surface area (TPSA) is 95.2 Å². The van der Waals surface area contributed by atoms with Crippen LogP contribution in [0.2, 0.25) is 0 Å². The fourth-order valence-electron chi connectivity index (χ4n) is 4.88. The van der Waals surface area contributed by atoms with Gasteiger partial charge in [0.1, 0.15) is 5.01 Å². The summed E-state index contributed by atoms with van der Waals surface area (Å²) in [5, 5.41) is 3.05. The van der Waals surface area contributed by atoms with E-state index in [1.165, 1.54) is 0 Å². The van der Waals surface area contributed by atoms with Crippen molar-refractivity contribution in [2.45, 2.75) is 52.2 Å². The fourth-order valence-corrected chi connectivity index (χ4v) is 5.54. The first-order valence-electron chi connectivity index (χ1n) is 13.5. The van der Waals surface area contributed by atoms with Crippen molar-refractivity contribution in [2.24, 2.45) is 11.7 Å². The summed E-state index contributed by atoms with van der Waals surface area (Å²) in [5.74, 6) is 0.307. The SMILES string of the molecule is CCN(CCC(C)N1C/C=C\C=C/CN(CCOC)C1=O)C(=O)C1CCN(Cc2csc(CN)n2)CC1. The number of carbonyl (C=O) groups excluding carboxylic acids is 2. The van der Waals surface area contributed by atoms with Crippen molar-refractivity contribution >= 4 is 23.3 Å². The van der Waals surface area contributed by atoms with Gasteiger partial charge in [0, 0.05) is 70.3 Å². The lowest BCUT2D eigenvalue weighted by molar-refractivity contribution is -0.137. The number of nitrogens with two attached hydrogens (primary N) is 1. The molecule has 1 atom stereocenters. The van der Waals surface area contributed by atoms with E-state index in [2.05, 4.69) is 22.2 Å². The minimum atomic E-state index is 0.0144.